The van der Waals surface area contributed by atoms with E-state index in [1.807, 2.05) is 66.7 Å². The van der Waals surface area contributed by atoms with E-state index in [1.54, 1.807) is 0 Å². The summed E-state index contributed by atoms with van der Waals surface area (Å²) in [6, 6.07) is 48.6. The molecule has 0 spiro atoms. The maximum absolute atomic E-state index is 11.2. The lowest BCUT2D eigenvalue weighted by molar-refractivity contribution is 0.586. The van der Waals surface area contributed by atoms with Gasteiger partial charge in [-0.2, -0.15) is 10.5 Å². The van der Waals surface area contributed by atoms with E-state index in [0.29, 0.717) is 28.1 Å². The Bertz CT molecular complexity index is 3290. The van der Waals surface area contributed by atoms with Crippen LogP contribution in [0.2, 0.25) is 0 Å². The highest BCUT2D eigenvalue weighted by Gasteiger charge is 2.32. The molecule has 0 aliphatic heterocycles. The van der Waals surface area contributed by atoms with Crippen LogP contribution >= 0.6 is 0 Å². The summed E-state index contributed by atoms with van der Waals surface area (Å²) < 4.78 is 17.7. The first-order valence-electron chi connectivity index (χ1n) is 18.1. The van der Waals surface area contributed by atoms with Gasteiger partial charge in [0.1, 0.15) is 23.3 Å². The molecule has 0 fully saturated rings. The predicted molar refractivity (Wildman–Crippen MR) is 218 cm³/mol. The maximum atomic E-state index is 11.2. The van der Waals surface area contributed by atoms with Gasteiger partial charge in [0.2, 0.25) is 0 Å². The van der Waals surface area contributed by atoms with Crippen LogP contribution in [0, 0.1) is 22.7 Å². The molecular formula is C48H30N4O2. The predicted octanol–water partition coefficient (Wildman–Crippen LogP) is 12.7. The maximum Gasteiger partial charge on any atom is 0.160 e. The van der Waals surface area contributed by atoms with Crippen molar-refractivity contribution in [2.75, 3.05) is 0 Å². The molecule has 6 nitrogen and oxygen atoms in total. The zero-order chi connectivity index (χ0) is 36.5. The standard InChI is InChI=1S/C48H30N4O2/c1-48(2,3)43-35(25-49)39(51-37-16-8-4-12-27(37)31-20-22-33-29-14-6-10-18-41(29)53-46(33)44(31)51)24-40(36(43)26-50)52-38-17-9-5-13-28(38)32-21-23-34-30-15-7-11-19-42(30)54-47(34)45(32)52/h4-24H,1-3H3. The number of para-hydroxylation sites is 4. The van der Waals surface area contributed by atoms with Crippen LogP contribution in [-0.4, -0.2) is 9.13 Å². The van der Waals surface area contributed by atoms with Crippen LogP contribution in [0.25, 0.3) is 98.9 Å². The lowest BCUT2D eigenvalue weighted by atomic mass is 9.79. The largest absolute Gasteiger partial charge is 0.454 e. The summed E-state index contributed by atoms with van der Waals surface area (Å²) in [5.41, 5.74) is 9.09. The number of aromatic nitrogens is 2. The van der Waals surface area contributed by atoms with Gasteiger partial charge in [-0.15, -0.1) is 0 Å². The van der Waals surface area contributed by atoms with Crippen LogP contribution in [0.5, 0.6) is 0 Å². The molecule has 54 heavy (non-hydrogen) atoms. The Kier molecular flexibility index (Phi) is 5.98. The van der Waals surface area contributed by atoms with Crippen LogP contribution in [0.4, 0.5) is 0 Å². The fraction of sp³-hybridized carbons (Fsp3) is 0.0833. The van der Waals surface area contributed by atoms with Gasteiger partial charge in [0.25, 0.3) is 0 Å². The molecule has 11 aromatic rings. The summed E-state index contributed by atoms with van der Waals surface area (Å²) in [5.74, 6) is 0. The number of hydrogen-bond acceptors (Lipinski definition) is 4. The fourth-order valence-corrected chi connectivity index (χ4v) is 8.95. The highest BCUT2D eigenvalue weighted by molar-refractivity contribution is 6.23. The van der Waals surface area contributed by atoms with Gasteiger partial charge in [0, 0.05) is 43.1 Å². The summed E-state index contributed by atoms with van der Waals surface area (Å²) in [6.07, 6.45) is 0. The third kappa shape index (κ3) is 3.86. The molecule has 7 aromatic carbocycles. The zero-order valence-electron chi connectivity index (χ0n) is 29.7. The SMILES string of the molecule is CC(C)(C)c1c(C#N)c(-n2c3ccccc3c3ccc4c5ccccc5oc4c32)cc(-n2c3ccccc3c3ccc4c5ccccc5oc4c32)c1C#N. The Morgan fingerprint density at radius 1 is 0.463 bits per heavy atom. The average molecular weight is 695 g/mol. The topological polar surface area (TPSA) is 83.7 Å². The Morgan fingerprint density at radius 2 is 0.852 bits per heavy atom. The van der Waals surface area contributed by atoms with E-state index in [4.69, 9.17) is 8.83 Å². The van der Waals surface area contributed by atoms with Gasteiger partial charge >= 0.3 is 0 Å². The van der Waals surface area contributed by atoms with Crippen molar-refractivity contribution < 1.29 is 8.83 Å². The van der Waals surface area contributed by atoms with Crippen molar-refractivity contribution in [1.82, 2.24) is 9.13 Å². The summed E-state index contributed by atoms with van der Waals surface area (Å²) in [7, 11) is 0. The van der Waals surface area contributed by atoms with E-state index < -0.39 is 5.41 Å². The Hall–Kier alpha value is -7.28. The minimum atomic E-state index is -0.582. The van der Waals surface area contributed by atoms with Gasteiger partial charge in [-0.3, -0.25) is 0 Å². The molecule has 0 aliphatic carbocycles. The summed E-state index contributed by atoms with van der Waals surface area (Å²) in [6.45, 7) is 6.22. The molecule has 254 valence electrons. The van der Waals surface area contributed by atoms with Crippen LogP contribution in [0.15, 0.2) is 136 Å². The van der Waals surface area contributed by atoms with Crippen LogP contribution in [-0.2, 0) is 5.41 Å². The van der Waals surface area contributed by atoms with E-state index in [2.05, 4.69) is 103 Å². The number of nitrogens with zero attached hydrogens (tertiary/aromatic N) is 4. The van der Waals surface area contributed by atoms with Gasteiger partial charge < -0.3 is 18.0 Å². The van der Waals surface area contributed by atoms with Crippen molar-refractivity contribution in [3.63, 3.8) is 0 Å². The third-order valence-corrected chi connectivity index (χ3v) is 11.1. The quantitative estimate of drug-likeness (QED) is 0.180. The number of hydrogen-bond donors (Lipinski definition) is 0. The number of nitriles is 2. The second-order valence-electron chi connectivity index (χ2n) is 15.1. The van der Waals surface area contributed by atoms with E-state index in [1.165, 1.54) is 0 Å². The lowest BCUT2D eigenvalue weighted by Crippen LogP contribution is -2.19. The third-order valence-electron chi connectivity index (χ3n) is 11.1. The van der Waals surface area contributed by atoms with E-state index >= 15 is 0 Å². The van der Waals surface area contributed by atoms with E-state index in [-0.39, 0.29) is 0 Å². The number of benzene rings is 7. The first-order valence-corrected chi connectivity index (χ1v) is 18.1. The van der Waals surface area contributed by atoms with Gasteiger partial charge in [-0.05, 0) is 53.4 Å². The second-order valence-corrected chi connectivity index (χ2v) is 15.1. The zero-order valence-corrected chi connectivity index (χ0v) is 29.7. The Labute approximate surface area is 308 Å². The van der Waals surface area contributed by atoms with Crippen molar-refractivity contribution in [1.29, 1.82) is 10.5 Å². The molecule has 0 amide bonds. The van der Waals surface area contributed by atoms with Gasteiger partial charge in [0.15, 0.2) is 11.2 Å². The molecule has 0 N–H and O–H groups in total. The van der Waals surface area contributed by atoms with Crippen LogP contribution in [0.3, 0.4) is 0 Å². The molecular weight excluding hydrogens is 665 g/mol. The molecule has 0 bridgehead atoms. The lowest BCUT2D eigenvalue weighted by Gasteiger charge is -2.27. The van der Waals surface area contributed by atoms with Crippen LogP contribution < -0.4 is 0 Å². The van der Waals surface area contributed by atoms with Gasteiger partial charge in [-0.25, -0.2) is 0 Å². The van der Waals surface area contributed by atoms with E-state index in [0.717, 1.165) is 87.5 Å². The van der Waals surface area contributed by atoms with Gasteiger partial charge in [0.05, 0.1) is 44.6 Å². The van der Waals surface area contributed by atoms with E-state index in [9.17, 15) is 10.5 Å². The molecule has 4 heterocycles. The normalized spacial score (nSPS) is 12.3. The summed E-state index contributed by atoms with van der Waals surface area (Å²) >= 11 is 0. The summed E-state index contributed by atoms with van der Waals surface area (Å²) in [4.78, 5) is 0. The van der Waals surface area contributed by atoms with Crippen molar-refractivity contribution in [2.24, 2.45) is 0 Å². The molecule has 4 aromatic heterocycles. The Morgan fingerprint density at radius 3 is 1.28 bits per heavy atom. The highest BCUT2D eigenvalue weighted by Crippen LogP contribution is 2.46. The van der Waals surface area contributed by atoms with Gasteiger partial charge in [-0.1, -0.05) is 106 Å². The smallest absolute Gasteiger partial charge is 0.160 e. The van der Waals surface area contributed by atoms with Crippen molar-refractivity contribution in [3.05, 3.63) is 144 Å². The fourth-order valence-electron chi connectivity index (χ4n) is 8.95. The van der Waals surface area contributed by atoms with Crippen molar-refractivity contribution >= 4 is 87.5 Å². The highest BCUT2D eigenvalue weighted by atomic mass is 16.3. The molecule has 6 heteroatoms. The minimum absolute atomic E-state index is 0.452. The molecule has 0 aliphatic rings. The molecule has 11 rings (SSSR count). The first-order chi connectivity index (χ1) is 26.4. The minimum Gasteiger partial charge on any atom is -0.454 e. The second kappa shape index (κ2) is 10.6. The molecule has 0 saturated heterocycles. The van der Waals surface area contributed by atoms with Crippen LogP contribution in [0.1, 0.15) is 37.5 Å². The number of rotatable bonds is 2. The van der Waals surface area contributed by atoms with Crippen molar-refractivity contribution in [2.45, 2.75) is 26.2 Å². The van der Waals surface area contributed by atoms with Crippen molar-refractivity contribution in [3.8, 4) is 23.5 Å². The molecule has 0 radical (unpaired) electrons. The number of fused-ring (bicyclic) bond motifs is 14. The Balaban J connectivity index is 1.38. The average Bonchev–Trinajstić information content (AvgIpc) is 3.94. The molecule has 0 saturated carbocycles. The summed E-state index contributed by atoms with van der Waals surface area (Å²) in [5, 5.41) is 30.6. The molecule has 0 atom stereocenters. The number of furan rings is 2. The molecule has 0 unspecified atom stereocenters. The monoisotopic (exact) mass is 694 g/mol. The first kappa shape index (κ1) is 30.4.